The third-order valence-electron chi connectivity index (χ3n) is 2.72. The normalized spacial score (nSPS) is 10.5. The van der Waals surface area contributed by atoms with Gasteiger partial charge in [0.2, 0.25) is 0 Å². The lowest BCUT2D eigenvalue weighted by atomic mass is 10.2. The summed E-state index contributed by atoms with van der Waals surface area (Å²) in [6, 6.07) is 12.9. The molecule has 0 aromatic heterocycles. The molecule has 0 aliphatic heterocycles. The number of nitrogens with one attached hydrogen (secondary N) is 1. The van der Waals surface area contributed by atoms with E-state index in [1.807, 2.05) is 24.3 Å². The molecule has 0 spiro atoms. The molecule has 0 bridgehead atoms. The van der Waals surface area contributed by atoms with E-state index in [0.29, 0.717) is 5.75 Å². The van der Waals surface area contributed by atoms with Gasteiger partial charge < -0.3 is 4.74 Å². The molecule has 8 heteroatoms. The van der Waals surface area contributed by atoms with Gasteiger partial charge >= 0.3 is 0 Å². The maximum absolute atomic E-state index is 11.6. The molecular weight excluding hydrogens is 366 g/mol. The minimum atomic E-state index is -0.507. The lowest BCUT2D eigenvalue weighted by Crippen LogP contribution is -2.24. The van der Waals surface area contributed by atoms with E-state index < -0.39 is 10.8 Å². The average molecular weight is 378 g/mol. The third kappa shape index (κ3) is 5.19. The number of non-ortho nitro benzene ring substituents is 1. The summed E-state index contributed by atoms with van der Waals surface area (Å²) in [5, 5.41) is 14.3. The highest BCUT2D eigenvalue weighted by Gasteiger charge is 2.06. The van der Waals surface area contributed by atoms with Crippen LogP contribution in [-0.4, -0.2) is 23.7 Å². The fraction of sp³-hybridized carbons (Fsp3) is 0.0667. The Labute approximate surface area is 140 Å². The van der Waals surface area contributed by atoms with Gasteiger partial charge in [0, 0.05) is 22.2 Å². The third-order valence-corrected chi connectivity index (χ3v) is 3.44. The van der Waals surface area contributed by atoms with Gasteiger partial charge in [0.1, 0.15) is 5.75 Å². The van der Waals surface area contributed by atoms with Crippen LogP contribution in [0, 0.1) is 10.1 Å². The second kappa shape index (κ2) is 8.04. The average Bonchev–Trinajstić information content (AvgIpc) is 2.55. The van der Waals surface area contributed by atoms with Crippen LogP contribution in [0.2, 0.25) is 0 Å². The van der Waals surface area contributed by atoms with Crippen LogP contribution in [0.25, 0.3) is 0 Å². The second-order valence-electron chi connectivity index (χ2n) is 4.35. The van der Waals surface area contributed by atoms with E-state index in [4.69, 9.17) is 4.74 Å². The lowest BCUT2D eigenvalue weighted by Gasteiger charge is -2.04. The number of amides is 1. The summed E-state index contributed by atoms with van der Waals surface area (Å²) < 4.78 is 6.07. The highest BCUT2D eigenvalue weighted by molar-refractivity contribution is 9.10. The zero-order valence-electron chi connectivity index (χ0n) is 11.8. The summed E-state index contributed by atoms with van der Waals surface area (Å²) in [7, 11) is 0. The molecule has 118 valence electrons. The Balaban J connectivity index is 1.81. The van der Waals surface area contributed by atoms with Gasteiger partial charge in [-0.25, -0.2) is 5.43 Å². The van der Waals surface area contributed by atoms with Crippen LogP contribution in [0.15, 0.2) is 58.1 Å². The van der Waals surface area contributed by atoms with Crippen molar-refractivity contribution in [2.24, 2.45) is 5.10 Å². The van der Waals surface area contributed by atoms with Crippen molar-refractivity contribution in [3.05, 3.63) is 68.7 Å². The maximum atomic E-state index is 11.6. The zero-order valence-corrected chi connectivity index (χ0v) is 13.4. The van der Waals surface area contributed by atoms with Gasteiger partial charge in [0.05, 0.1) is 11.1 Å². The van der Waals surface area contributed by atoms with E-state index in [1.54, 1.807) is 0 Å². The Kier molecular flexibility index (Phi) is 5.81. The number of benzene rings is 2. The van der Waals surface area contributed by atoms with Crippen molar-refractivity contribution in [1.82, 2.24) is 5.43 Å². The first-order chi connectivity index (χ1) is 11.1. The molecule has 23 heavy (non-hydrogen) atoms. The summed E-state index contributed by atoms with van der Waals surface area (Å²) in [5.41, 5.74) is 3.12. The molecule has 0 unspecified atom stereocenters. The van der Waals surface area contributed by atoms with Crippen molar-refractivity contribution in [3.8, 4) is 5.75 Å². The van der Waals surface area contributed by atoms with Crippen molar-refractivity contribution in [2.45, 2.75) is 0 Å². The highest BCUT2D eigenvalue weighted by atomic mass is 79.9. The Bertz CT molecular complexity index is 732. The van der Waals surface area contributed by atoms with Crippen molar-refractivity contribution in [3.63, 3.8) is 0 Å². The molecule has 0 heterocycles. The first kappa shape index (κ1) is 16.6. The van der Waals surface area contributed by atoms with Crippen molar-refractivity contribution < 1.29 is 14.5 Å². The Morgan fingerprint density at radius 2 is 1.96 bits per heavy atom. The topological polar surface area (TPSA) is 93.8 Å². The zero-order chi connectivity index (χ0) is 16.7. The minimum Gasteiger partial charge on any atom is -0.484 e. The summed E-state index contributed by atoms with van der Waals surface area (Å²) >= 11 is 3.36. The van der Waals surface area contributed by atoms with Gasteiger partial charge in [-0.2, -0.15) is 5.10 Å². The molecule has 0 fully saturated rings. The number of ether oxygens (including phenoxy) is 1. The van der Waals surface area contributed by atoms with Crippen LogP contribution in [0.5, 0.6) is 5.75 Å². The summed E-state index contributed by atoms with van der Waals surface area (Å²) in [4.78, 5) is 21.6. The van der Waals surface area contributed by atoms with E-state index in [0.717, 1.165) is 10.0 Å². The van der Waals surface area contributed by atoms with E-state index in [9.17, 15) is 14.9 Å². The molecule has 0 saturated carbocycles. The highest BCUT2D eigenvalue weighted by Crippen LogP contribution is 2.17. The molecule has 1 N–H and O–H groups in total. The Morgan fingerprint density at radius 3 is 2.61 bits per heavy atom. The molecule has 0 saturated heterocycles. The summed E-state index contributed by atoms with van der Waals surface area (Å²) in [5.74, 6) is -0.0767. The van der Waals surface area contributed by atoms with Gasteiger partial charge in [-0.15, -0.1) is 0 Å². The van der Waals surface area contributed by atoms with Crippen molar-refractivity contribution in [1.29, 1.82) is 0 Å². The van der Waals surface area contributed by atoms with Crippen LogP contribution in [0.1, 0.15) is 5.56 Å². The van der Waals surface area contributed by atoms with Crippen LogP contribution < -0.4 is 10.2 Å². The minimum absolute atomic E-state index is 0.0418. The Morgan fingerprint density at radius 1 is 1.26 bits per heavy atom. The molecular formula is C15H12BrN3O4. The number of nitrogens with zero attached hydrogens (tertiary/aromatic N) is 2. The van der Waals surface area contributed by atoms with E-state index in [2.05, 4.69) is 26.5 Å². The predicted molar refractivity (Wildman–Crippen MR) is 88.5 cm³/mol. The molecule has 2 rings (SSSR count). The molecule has 0 aliphatic rings. The molecule has 2 aromatic carbocycles. The molecule has 1 amide bonds. The lowest BCUT2D eigenvalue weighted by molar-refractivity contribution is -0.384. The van der Waals surface area contributed by atoms with Crippen molar-refractivity contribution in [2.75, 3.05) is 6.61 Å². The van der Waals surface area contributed by atoms with E-state index in [-0.39, 0.29) is 12.3 Å². The van der Waals surface area contributed by atoms with Crippen LogP contribution >= 0.6 is 15.9 Å². The van der Waals surface area contributed by atoms with Gasteiger partial charge in [-0.1, -0.05) is 34.1 Å². The van der Waals surface area contributed by atoms with Gasteiger partial charge in [-0.3, -0.25) is 14.9 Å². The van der Waals surface area contributed by atoms with Crippen LogP contribution in [-0.2, 0) is 4.79 Å². The molecule has 0 radical (unpaired) electrons. The molecule has 7 nitrogen and oxygen atoms in total. The fourth-order valence-corrected chi connectivity index (χ4v) is 1.99. The van der Waals surface area contributed by atoms with Crippen molar-refractivity contribution >= 4 is 33.7 Å². The number of hydrazone groups is 1. The number of halogens is 1. The maximum Gasteiger partial charge on any atom is 0.277 e. The summed E-state index contributed by atoms with van der Waals surface area (Å²) in [6.07, 6.45) is 1.51. The number of carbonyl (C=O) groups excluding carboxylic acids is 1. The molecule has 2 aromatic rings. The number of nitro benzene ring substituents is 1. The Hall–Kier alpha value is -2.74. The van der Waals surface area contributed by atoms with Gasteiger partial charge in [-0.05, 0) is 18.2 Å². The number of carbonyl (C=O) groups is 1. The largest absolute Gasteiger partial charge is 0.484 e. The first-order valence-corrected chi connectivity index (χ1v) is 7.29. The number of hydrogen-bond acceptors (Lipinski definition) is 5. The number of hydrogen-bond donors (Lipinski definition) is 1. The fourth-order valence-electron chi connectivity index (χ4n) is 1.60. The van der Waals surface area contributed by atoms with E-state index >= 15 is 0 Å². The second-order valence-corrected chi connectivity index (χ2v) is 5.21. The number of nitro groups is 1. The van der Waals surface area contributed by atoms with E-state index in [1.165, 1.54) is 30.5 Å². The van der Waals surface area contributed by atoms with Crippen LogP contribution in [0.3, 0.4) is 0 Å². The monoisotopic (exact) mass is 377 g/mol. The molecule has 0 aliphatic carbocycles. The van der Waals surface area contributed by atoms with Gasteiger partial charge in [0.25, 0.3) is 11.6 Å². The SMILES string of the molecule is O=C(COc1ccc([N+](=O)[O-])cc1)N/N=C/c1ccccc1Br. The number of rotatable bonds is 6. The standard InChI is InChI=1S/C15H12BrN3O4/c16-14-4-2-1-3-11(14)9-17-18-15(20)10-23-13-7-5-12(6-8-13)19(21)22/h1-9H,10H2,(H,18,20)/b17-9+. The van der Waals surface area contributed by atoms with Gasteiger partial charge in [0.15, 0.2) is 6.61 Å². The first-order valence-electron chi connectivity index (χ1n) is 6.50. The quantitative estimate of drug-likeness (QED) is 0.475. The smallest absolute Gasteiger partial charge is 0.277 e. The van der Waals surface area contributed by atoms with Crippen LogP contribution in [0.4, 0.5) is 5.69 Å². The summed E-state index contributed by atoms with van der Waals surface area (Å²) in [6.45, 7) is -0.245. The predicted octanol–water partition coefficient (Wildman–Crippen LogP) is 2.89. The molecule has 0 atom stereocenters.